The minimum Gasteiger partial charge on any atom is -0.399 e. The highest BCUT2D eigenvalue weighted by Crippen LogP contribution is 2.40. The first-order valence-corrected chi connectivity index (χ1v) is 9.38. The second kappa shape index (κ2) is 6.84. The fourth-order valence-corrected chi connectivity index (χ4v) is 3.88. The highest BCUT2D eigenvalue weighted by Gasteiger charge is 2.20. The van der Waals surface area contributed by atoms with Gasteiger partial charge in [0.1, 0.15) is 0 Å². The highest BCUT2D eigenvalue weighted by molar-refractivity contribution is 6.00. The van der Waals surface area contributed by atoms with Gasteiger partial charge < -0.3 is 5.73 Å². The molecule has 1 aliphatic carbocycles. The van der Waals surface area contributed by atoms with Crippen molar-refractivity contribution < 1.29 is 0 Å². The van der Waals surface area contributed by atoms with Crippen LogP contribution >= 0.6 is 0 Å². The molecule has 0 aliphatic heterocycles. The lowest BCUT2D eigenvalue weighted by atomic mass is 9.87. The van der Waals surface area contributed by atoms with Crippen LogP contribution in [0.3, 0.4) is 0 Å². The summed E-state index contributed by atoms with van der Waals surface area (Å²) < 4.78 is 0. The van der Waals surface area contributed by atoms with E-state index < -0.39 is 0 Å². The molecule has 0 atom stereocenters. The normalized spacial score (nSPS) is 14.1. The van der Waals surface area contributed by atoms with Gasteiger partial charge in [-0.3, -0.25) is 0 Å². The van der Waals surface area contributed by atoms with Crippen molar-refractivity contribution in [1.29, 1.82) is 0 Å². The first-order chi connectivity index (χ1) is 12.6. The molecule has 0 radical (unpaired) electrons. The lowest BCUT2D eigenvalue weighted by Crippen LogP contribution is -1.98. The molecule has 26 heavy (non-hydrogen) atoms. The molecule has 0 heterocycles. The van der Waals surface area contributed by atoms with Gasteiger partial charge in [-0.05, 0) is 78.6 Å². The smallest absolute Gasteiger partial charge is 0.0320 e. The van der Waals surface area contributed by atoms with Gasteiger partial charge in [0.15, 0.2) is 0 Å². The van der Waals surface area contributed by atoms with Crippen LogP contribution in [0.1, 0.15) is 46.2 Å². The van der Waals surface area contributed by atoms with Gasteiger partial charge in [0.25, 0.3) is 0 Å². The van der Waals surface area contributed by atoms with Crippen molar-refractivity contribution >= 4 is 16.8 Å². The van der Waals surface area contributed by atoms with Crippen molar-refractivity contribution in [3.05, 3.63) is 100 Å². The maximum Gasteiger partial charge on any atom is 0.0320 e. The molecule has 0 amide bonds. The second-order valence-electron chi connectivity index (χ2n) is 7.36. The molecule has 0 bridgehead atoms. The Bertz CT molecular complexity index is 960. The predicted octanol–water partition coefficient (Wildman–Crippen LogP) is 6.18. The topological polar surface area (TPSA) is 26.0 Å². The number of anilines is 1. The quantitative estimate of drug-likeness (QED) is 0.554. The molecular weight excluding hydrogens is 314 g/mol. The Morgan fingerprint density at radius 3 is 1.96 bits per heavy atom. The van der Waals surface area contributed by atoms with Crippen LogP contribution in [0, 0.1) is 13.8 Å². The van der Waals surface area contributed by atoms with E-state index in [2.05, 4.69) is 74.5 Å². The van der Waals surface area contributed by atoms with Gasteiger partial charge in [0, 0.05) is 5.69 Å². The summed E-state index contributed by atoms with van der Waals surface area (Å²) in [4.78, 5) is 0. The van der Waals surface area contributed by atoms with E-state index in [0.29, 0.717) is 0 Å². The summed E-state index contributed by atoms with van der Waals surface area (Å²) in [7, 11) is 0. The minimum atomic E-state index is 0.832. The molecule has 0 saturated carbocycles. The van der Waals surface area contributed by atoms with Crippen LogP contribution in [0.25, 0.3) is 11.1 Å². The lowest BCUT2D eigenvalue weighted by Gasteiger charge is -2.17. The number of rotatable bonds is 2. The molecular formula is C25H25N. The Labute approximate surface area is 156 Å². The van der Waals surface area contributed by atoms with Gasteiger partial charge in [-0.2, -0.15) is 0 Å². The summed E-state index contributed by atoms with van der Waals surface area (Å²) in [6.45, 7) is 4.28. The second-order valence-corrected chi connectivity index (χ2v) is 7.36. The summed E-state index contributed by atoms with van der Waals surface area (Å²) in [5.74, 6) is 0. The van der Waals surface area contributed by atoms with Crippen LogP contribution in [-0.4, -0.2) is 0 Å². The molecule has 4 rings (SSSR count). The minimum absolute atomic E-state index is 0.832. The summed E-state index contributed by atoms with van der Waals surface area (Å²) in [6.07, 6.45) is 3.34. The molecule has 130 valence electrons. The lowest BCUT2D eigenvalue weighted by molar-refractivity contribution is 0.860. The Balaban J connectivity index is 2.01. The third-order valence-corrected chi connectivity index (χ3v) is 5.32. The maximum atomic E-state index is 6.18. The van der Waals surface area contributed by atoms with Gasteiger partial charge in [-0.25, -0.2) is 0 Å². The molecule has 0 spiro atoms. The van der Waals surface area contributed by atoms with Gasteiger partial charge >= 0.3 is 0 Å². The van der Waals surface area contributed by atoms with Crippen molar-refractivity contribution in [2.24, 2.45) is 0 Å². The monoisotopic (exact) mass is 339 g/mol. The number of benzene rings is 3. The third-order valence-electron chi connectivity index (χ3n) is 5.32. The first-order valence-electron chi connectivity index (χ1n) is 9.38. The molecule has 0 unspecified atom stereocenters. The molecule has 1 aliphatic rings. The molecule has 2 N–H and O–H groups in total. The van der Waals surface area contributed by atoms with Crippen LogP contribution in [0.2, 0.25) is 0 Å². The SMILES string of the molecule is Cc1ccc(C2=C(c3ccc(C)cc3)c3cc(N)ccc3CCC2)cc1. The number of fused-ring (bicyclic) bond motifs is 1. The Kier molecular flexibility index (Phi) is 4.38. The van der Waals surface area contributed by atoms with E-state index >= 15 is 0 Å². The van der Waals surface area contributed by atoms with Crippen LogP contribution in [0.4, 0.5) is 5.69 Å². The zero-order valence-corrected chi connectivity index (χ0v) is 15.5. The Hall–Kier alpha value is -2.80. The van der Waals surface area contributed by atoms with E-state index in [1.165, 1.54) is 44.5 Å². The van der Waals surface area contributed by atoms with E-state index in [0.717, 1.165) is 24.9 Å². The van der Waals surface area contributed by atoms with Crippen LogP contribution in [0.5, 0.6) is 0 Å². The average molecular weight is 339 g/mol. The zero-order valence-electron chi connectivity index (χ0n) is 15.5. The molecule has 0 aromatic heterocycles. The van der Waals surface area contributed by atoms with Crippen LogP contribution in [-0.2, 0) is 6.42 Å². The van der Waals surface area contributed by atoms with E-state index in [-0.39, 0.29) is 0 Å². The van der Waals surface area contributed by atoms with Crippen LogP contribution < -0.4 is 5.73 Å². The number of allylic oxidation sites excluding steroid dienone is 1. The largest absolute Gasteiger partial charge is 0.399 e. The Morgan fingerprint density at radius 2 is 1.31 bits per heavy atom. The molecule has 1 nitrogen and oxygen atoms in total. The maximum absolute atomic E-state index is 6.18. The van der Waals surface area contributed by atoms with E-state index in [1.54, 1.807) is 0 Å². The van der Waals surface area contributed by atoms with E-state index in [1.807, 2.05) is 6.07 Å². The molecule has 1 heteroatoms. The summed E-state index contributed by atoms with van der Waals surface area (Å²) >= 11 is 0. The van der Waals surface area contributed by atoms with Crippen molar-refractivity contribution in [2.75, 3.05) is 5.73 Å². The van der Waals surface area contributed by atoms with Crippen molar-refractivity contribution in [2.45, 2.75) is 33.1 Å². The van der Waals surface area contributed by atoms with Gasteiger partial charge in [0.2, 0.25) is 0 Å². The third kappa shape index (κ3) is 3.17. The summed E-state index contributed by atoms with van der Waals surface area (Å²) in [5, 5.41) is 0. The van der Waals surface area contributed by atoms with Crippen LogP contribution in [0.15, 0.2) is 66.7 Å². The summed E-state index contributed by atoms with van der Waals surface area (Å²) in [5.41, 5.74) is 17.7. The molecule has 3 aromatic carbocycles. The summed E-state index contributed by atoms with van der Waals surface area (Å²) in [6, 6.07) is 24.2. The van der Waals surface area contributed by atoms with E-state index in [4.69, 9.17) is 5.73 Å². The average Bonchev–Trinajstić information content (AvgIpc) is 2.82. The Morgan fingerprint density at radius 1 is 0.692 bits per heavy atom. The van der Waals surface area contributed by atoms with Gasteiger partial charge in [-0.15, -0.1) is 0 Å². The van der Waals surface area contributed by atoms with Crippen molar-refractivity contribution in [1.82, 2.24) is 0 Å². The molecule has 0 fully saturated rings. The van der Waals surface area contributed by atoms with Crippen molar-refractivity contribution in [3.8, 4) is 0 Å². The number of hydrogen-bond acceptors (Lipinski definition) is 1. The number of nitrogens with two attached hydrogens (primary N) is 1. The van der Waals surface area contributed by atoms with E-state index in [9.17, 15) is 0 Å². The zero-order chi connectivity index (χ0) is 18.1. The highest BCUT2D eigenvalue weighted by atomic mass is 14.5. The number of aryl methyl sites for hydroxylation is 3. The fourth-order valence-electron chi connectivity index (χ4n) is 3.88. The van der Waals surface area contributed by atoms with Crippen molar-refractivity contribution in [3.63, 3.8) is 0 Å². The van der Waals surface area contributed by atoms with Gasteiger partial charge in [0.05, 0.1) is 0 Å². The first kappa shape index (κ1) is 16.7. The predicted molar refractivity (Wildman–Crippen MR) is 112 cm³/mol. The molecule has 3 aromatic rings. The number of hydrogen-bond donors (Lipinski definition) is 1. The fraction of sp³-hybridized carbons (Fsp3) is 0.200. The number of nitrogen functional groups attached to an aromatic ring is 1. The molecule has 0 saturated heterocycles. The van der Waals surface area contributed by atoms with Gasteiger partial charge in [-0.1, -0.05) is 65.7 Å². The standard InChI is InChI=1S/C25H25N/c1-17-6-10-20(11-7-17)23-5-3-4-19-14-15-22(26)16-24(19)25(23)21-12-8-18(2)9-13-21/h6-16H,3-5,26H2,1-2H3.